The molecule has 4 aromatic rings. The van der Waals surface area contributed by atoms with E-state index in [0.717, 1.165) is 22.1 Å². The van der Waals surface area contributed by atoms with Gasteiger partial charge in [0.15, 0.2) is 5.76 Å². The molecule has 2 aromatic heterocycles. The fourth-order valence-electron chi connectivity index (χ4n) is 3.06. The largest absolute Gasteiger partial charge is 0.462 e. The summed E-state index contributed by atoms with van der Waals surface area (Å²) in [6, 6.07) is 16.9. The third-order valence-corrected chi connectivity index (χ3v) is 5.40. The van der Waals surface area contributed by atoms with Crippen molar-refractivity contribution < 1.29 is 18.7 Å². The number of thiophene rings is 1. The quantitative estimate of drug-likeness (QED) is 0.420. The van der Waals surface area contributed by atoms with Crippen LogP contribution in [0.4, 0.5) is 5.00 Å². The highest BCUT2D eigenvalue weighted by molar-refractivity contribution is 7.15. The molecule has 4 rings (SSSR count). The Labute approximate surface area is 171 Å². The Hall–Kier alpha value is -3.38. The number of carbonyl (C=O) groups is 2. The summed E-state index contributed by atoms with van der Waals surface area (Å²) in [7, 11) is 0. The number of anilines is 1. The number of nitrogens with one attached hydrogen (secondary N) is 1. The lowest BCUT2D eigenvalue weighted by Gasteiger charge is -2.08. The van der Waals surface area contributed by atoms with Gasteiger partial charge in [-0.15, -0.1) is 11.3 Å². The summed E-state index contributed by atoms with van der Waals surface area (Å²) in [6.07, 6.45) is 0. The van der Waals surface area contributed by atoms with Crippen LogP contribution in [0.1, 0.15) is 33.4 Å². The van der Waals surface area contributed by atoms with Gasteiger partial charge in [-0.1, -0.05) is 48.0 Å². The van der Waals surface area contributed by atoms with Crippen LogP contribution in [0.15, 0.2) is 64.4 Å². The number of fused-ring (bicyclic) bond motifs is 1. The molecule has 0 saturated carbocycles. The number of rotatable bonds is 5. The monoisotopic (exact) mass is 405 g/mol. The average Bonchev–Trinajstić information content (AvgIpc) is 3.33. The fourth-order valence-corrected chi connectivity index (χ4v) is 4.01. The van der Waals surface area contributed by atoms with Crippen LogP contribution in [0, 0.1) is 6.92 Å². The second-order valence-electron chi connectivity index (χ2n) is 6.54. The second kappa shape index (κ2) is 7.93. The first-order valence-electron chi connectivity index (χ1n) is 9.22. The van der Waals surface area contributed by atoms with Gasteiger partial charge in [0, 0.05) is 16.3 Å². The molecule has 0 atom stereocenters. The first-order valence-corrected chi connectivity index (χ1v) is 10.1. The van der Waals surface area contributed by atoms with Gasteiger partial charge in [0.25, 0.3) is 5.91 Å². The summed E-state index contributed by atoms with van der Waals surface area (Å²) >= 11 is 1.28. The van der Waals surface area contributed by atoms with Gasteiger partial charge < -0.3 is 14.5 Å². The van der Waals surface area contributed by atoms with E-state index in [1.54, 1.807) is 19.1 Å². The maximum absolute atomic E-state index is 12.8. The van der Waals surface area contributed by atoms with Gasteiger partial charge in [0.1, 0.15) is 16.1 Å². The number of hydrogen-bond acceptors (Lipinski definition) is 5. The van der Waals surface area contributed by atoms with Crippen LogP contribution in [0.25, 0.3) is 22.1 Å². The summed E-state index contributed by atoms with van der Waals surface area (Å²) in [6.45, 7) is 4.00. The van der Waals surface area contributed by atoms with E-state index in [1.807, 2.05) is 54.8 Å². The van der Waals surface area contributed by atoms with Crippen molar-refractivity contribution in [2.75, 3.05) is 11.9 Å². The number of para-hydroxylation sites is 1. The molecule has 5 nitrogen and oxygen atoms in total. The third-order valence-electron chi connectivity index (χ3n) is 4.51. The number of carbonyl (C=O) groups excluding carboxylic acids is 2. The molecule has 1 amide bonds. The summed E-state index contributed by atoms with van der Waals surface area (Å²) in [5.41, 5.74) is 3.73. The van der Waals surface area contributed by atoms with Gasteiger partial charge in [0.2, 0.25) is 0 Å². The molecule has 0 bridgehead atoms. The number of amides is 1. The molecule has 146 valence electrons. The number of benzene rings is 2. The standard InChI is InChI=1S/C23H19NO4S/c1-3-27-23(26)20-17(15-10-8-14(2)9-11-15)13-29-22(20)24-21(25)19-12-16-6-4-5-7-18(16)28-19/h4-13H,3H2,1-2H3,(H,24,25). The lowest BCUT2D eigenvalue weighted by atomic mass is 10.0. The fraction of sp³-hybridized carbons (Fsp3) is 0.130. The zero-order valence-electron chi connectivity index (χ0n) is 16.0. The van der Waals surface area contributed by atoms with Crippen LogP contribution in [0.2, 0.25) is 0 Å². The van der Waals surface area contributed by atoms with Gasteiger partial charge >= 0.3 is 5.97 Å². The molecule has 6 heteroatoms. The molecule has 29 heavy (non-hydrogen) atoms. The van der Waals surface area contributed by atoms with Crippen molar-refractivity contribution in [2.45, 2.75) is 13.8 Å². The zero-order valence-corrected chi connectivity index (χ0v) is 16.8. The normalized spacial score (nSPS) is 10.8. The SMILES string of the molecule is CCOC(=O)c1c(-c2ccc(C)cc2)csc1NC(=O)c1cc2ccccc2o1. The van der Waals surface area contributed by atoms with Crippen molar-refractivity contribution in [1.82, 2.24) is 0 Å². The van der Waals surface area contributed by atoms with E-state index in [1.165, 1.54) is 11.3 Å². The molecule has 1 N–H and O–H groups in total. The van der Waals surface area contributed by atoms with Crippen LogP contribution in [0.3, 0.4) is 0 Å². The van der Waals surface area contributed by atoms with Gasteiger partial charge in [0.05, 0.1) is 6.61 Å². The summed E-state index contributed by atoms with van der Waals surface area (Å²) in [5.74, 6) is -0.695. The van der Waals surface area contributed by atoms with Gasteiger partial charge in [-0.05, 0) is 31.5 Å². The van der Waals surface area contributed by atoms with E-state index in [0.29, 0.717) is 16.1 Å². The summed E-state index contributed by atoms with van der Waals surface area (Å²) < 4.78 is 10.9. The molecule has 2 heterocycles. The number of furan rings is 1. The number of hydrogen-bond donors (Lipinski definition) is 1. The maximum atomic E-state index is 12.8. The molecule has 0 fully saturated rings. The highest BCUT2D eigenvalue weighted by atomic mass is 32.1. The van der Waals surface area contributed by atoms with Crippen LogP contribution in [-0.2, 0) is 4.74 Å². The first kappa shape index (κ1) is 19.0. The van der Waals surface area contributed by atoms with Crippen molar-refractivity contribution in [3.05, 3.63) is 76.9 Å². The number of aryl methyl sites for hydroxylation is 1. The van der Waals surface area contributed by atoms with Crippen molar-refractivity contribution in [3.63, 3.8) is 0 Å². The molecule has 0 aliphatic heterocycles. The predicted octanol–water partition coefficient (Wildman–Crippen LogP) is 5.90. The van der Waals surface area contributed by atoms with Crippen molar-refractivity contribution in [2.24, 2.45) is 0 Å². The highest BCUT2D eigenvalue weighted by Gasteiger charge is 2.24. The molecule has 0 radical (unpaired) electrons. The van der Waals surface area contributed by atoms with Crippen LogP contribution in [0.5, 0.6) is 0 Å². The third kappa shape index (κ3) is 3.79. The minimum absolute atomic E-state index is 0.186. The highest BCUT2D eigenvalue weighted by Crippen LogP contribution is 2.36. The Balaban J connectivity index is 1.69. The number of ether oxygens (including phenoxy) is 1. The lowest BCUT2D eigenvalue weighted by molar-refractivity contribution is 0.0529. The number of esters is 1. The molecule has 0 spiro atoms. The van der Waals surface area contributed by atoms with E-state index in [-0.39, 0.29) is 12.4 Å². The Morgan fingerprint density at radius 1 is 1.10 bits per heavy atom. The van der Waals surface area contributed by atoms with Crippen LogP contribution in [-0.4, -0.2) is 18.5 Å². The van der Waals surface area contributed by atoms with Crippen molar-refractivity contribution in [3.8, 4) is 11.1 Å². The Kier molecular flexibility index (Phi) is 5.18. The Morgan fingerprint density at radius 2 is 1.86 bits per heavy atom. The molecule has 0 saturated heterocycles. The minimum atomic E-state index is -0.468. The van der Waals surface area contributed by atoms with Crippen molar-refractivity contribution >= 4 is 39.2 Å². The van der Waals surface area contributed by atoms with E-state index in [4.69, 9.17) is 9.15 Å². The summed E-state index contributed by atoms with van der Waals surface area (Å²) in [5, 5.41) is 5.94. The molecule has 0 unspecified atom stereocenters. The first-order chi connectivity index (χ1) is 14.1. The van der Waals surface area contributed by atoms with Crippen molar-refractivity contribution in [1.29, 1.82) is 0 Å². The van der Waals surface area contributed by atoms with Crippen LogP contribution < -0.4 is 5.32 Å². The van der Waals surface area contributed by atoms with Crippen LogP contribution >= 0.6 is 11.3 Å². The van der Waals surface area contributed by atoms with E-state index in [2.05, 4.69) is 5.32 Å². The average molecular weight is 405 g/mol. The Morgan fingerprint density at radius 3 is 2.59 bits per heavy atom. The molecular formula is C23H19NO4S. The predicted molar refractivity (Wildman–Crippen MR) is 115 cm³/mol. The molecular weight excluding hydrogens is 386 g/mol. The molecule has 0 aliphatic rings. The molecule has 2 aromatic carbocycles. The minimum Gasteiger partial charge on any atom is -0.462 e. The molecule has 0 aliphatic carbocycles. The van der Waals surface area contributed by atoms with Gasteiger partial charge in [-0.2, -0.15) is 0 Å². The smallest absolute Gasteiger partial charge is 0.341 e. The van der Waals surface area contributed by atoms with Gasteiger partial charge in [-0.25, -0.2) is 4.79 Å². The van der Waals surface area contributed by atoms with E-state index in [9.17, 15) is 9.59 Å². The Bertz CT molecular complexity index is 1150. The zero-order chi connectivity index (χ0) is 20.4. The second-order valence-corrected chi connectivity index (χ2v) is 7.42. The lowest BCUT2D eigenvalue weighted by Crippen LogP contribution is -2.14. The topological polar surface area (TPSA) is 68.5 Å². The summed E-state index contributed by atoms with van der Waals surface area (Å²) in [4.78, 5) is 25.4. The van der Waals surface area contributed by atoms with E-state index >= 15 is 0 Å². The van der Waals surface area contributed by atoms with E-state index < -0.39 is 11.9 Å². The maximum Gasteiger partial charge on any atom is 0.341 e. The van der Waals surface area contributed by atoms with Gasteiger partial charge in [-0.3, -0.25) is 4.79 Å².